The first kappa shape index (κ1) is 20.4. The highest BCUT2D eigenvalue weighted by atomic mass is 16.5. The van der Waals surface area contributed by atoms with Crippen LogP contribution in [0.2, 0.25) is 0 Å². The van der Waals surface area contributed by atoms with Crippen LogP contribution in [0.3, 0.4) is 0 Å². The average Bonchev–Trinajstić information content (AvgIpc) is 3.29. The van der Waals surface area contributed by atoms with E-state index in [4.69, 9.17) is 9.72 Å². The predicted molar refractivity (Wildman–Crippen MR) is 117 cm³/mol. The van der Waals surface area contributed by atoms with Crippen molar-refractivity contribution in [2.75, 3.05) is 26.3 Å². The molecule has 4 heterocycles. The van der Waals surface area contributed by atoms with Crippen LogP contribution < -0.4 is 5.56 Å². The van der Waals surface area contributed by atoms with E-state index < -0.39 is 0 Å². The average molecular weight is 423 g/mol. The SMILES string of the molecule is Cc1ccc(C(=O)N2CCC[C@@H]2c2nc3c(c(=O)[nH]2)CN(C2CCOCC2)CC3)cc1. The molecule has 31 heavy (non-hydrogen) atoms. The lowest BCUT2D eigenvalue weighted by Crippen LogP contribution is -2.44. The Labute approximate surface area is 182 Å². The van der Waals surface area contributed by atoms with Crippen molar-refractivity contribution < 1.29 is 9.53 Å². The molecular weight excluding hydrogens is 392 g/mol. The minimum Gasteiger partial charge on any atom is -0.381 e. The lowest BCUT2D eigenvalue weighted by atomic mass is 10.0. The lowest BCUT2D eigenvalue weighted by Gasteiger charge is -2.37. The third-order valence-corrected chi connectivity index (χ3v) is 6.95. The van der Waals surface area contributed by atoms with Crippen molar-refractivity contribution in [1.82, 2.24) is 19.8 Å². The first-order valence-corrected chi connectivity index (χ1v) is 11.4. The molecule has 1 amide bonds. The fraction of sp³-hybridized carbons (Fsp3) is 0.542. The van der Waals surface area contributed by atoms with Crippen molar-refractivity contribution in [2.45, 2.75) is 57.7 Å². The van der Waals surface area contributed by atoms with Gasteiger partial charge in [-0.2, -0.15) is 0 Å². The van der Waals surface area contributed by atoms with Crippen molar-refractivity contribution in [3.63, 3.8) is 0 Å². The highest BCUT2D eigenvalue weighted by molar-refractivity contribution is 5.94. The number of aryl methyl sites for hydroxylation is 1. The van der Waals surface area contributed by atoms with Crippen LogP contribution in [0.4, 0.5) is 0 Å². The number of nitrogens with zero attached hydrogens (tertiary/aromatic N) is 3. The molecule has 2 fully saturated rings. The summed E-state index contributed by atoms with van der Waals surface area (Å²) in [5.74, 6) is 0.648. The molecule has 1 atom stereocenters. The number of hydrogen-bond acceptors (Lipinski definition) is 5. The molecule has 3 aliphatic heterocycles. The number of nitrogens with one attached hydrogen (secondary N) is 1. The predicted octanol–water partition coefficient (Wildman–Crippen LogP) is 2.59. The molecule has 0 unspecified atom stereocenters. The topological polar surface area (TPSA) is 78.5 Å². The molecule has 7 nitrogen and oxygen atoms in total. The molecule has 0 radical (unpaired) electrons. The van der Waals surface area contributed by atoms with Crippen LogP contribution in [0.15, 0.2) is 29.1 Å². The summed E-state index contributed by atoms with van der Waals surface area (Å²) < 4.78 is 5.48. The van der Waals surface area contributed by atoms with Gasteiger partial charge in [0.25, 0.3) is 11.5 Å². The summed E-state index contributed by atoms with van der Waals surface area (Å²) >= 11 is 0. The first-order chi connectivity index (χ1) is 15.1. The molecule has 5 rings (SSSR count). The molecule has 0 bridgehead atoms. The zero-order chi connectivity index (χ0) is 21.4. The molecule has 164 valence electrons. The summed E-state index contributed by atoms with van der Waals surface area (Å²) in [6.45, 7) is 5.87. The van der Waals surface area contributed by atoms with Crippen molar-refractivity contribution in [2.24, 2.45) is 0 Å². The van der Waals surface area contributed by atoms with E-state index in [1.54, 1.807) is 0 Å². The number of carbonyl (C=O) groups excluding carboxylic acids is 1. The molecular formula is C24H30N4O3. The smallest absolute Gasteiger partial charge is 0.255 e. The molecule has 2 saturated heterocycles. The van der Waals surface area contributed by atoms with E-state index in [2.05, 4.69) is 9.88 Å². The van der Waals surface area contributed by atoms with Gasteiger partial charge in [-0.15, -0.1) is 0 Å². The van der Waals surface area contributed by atoms with Gasteiger partial charge in [0.05, 0.1) is 17.3 Å². The van der Waals surface area contributed by atoms with Gasteiger partial charge in [0.15, 0.2) is 0 Å². The van der Waals surface area contributed by atoms with Gasteiger partial charge in [-0.05, 0) is 44.7 Å². The quantitative estimate of drug-likeness (QED) is 0.823. The Hall–Kier alpha value is -2.51. The van der Waals surface area contributed by atoms with Crippen LogP contribution in [-0.2, 0) is 17.7 Å². The minimum absolute atomic E-state index is 0.00793. The van der Waals surface area contributed by atoms with E-state index in [0.717, 1.165) is 68.7 Å². The number of hydrogen-bond donors (Lipinski definition) is 1. The van der Waals surface area contributed by atoms with Gasteiger partial charge in [-0.25, -0.2) is 4.98 Å². The van der Waals surface area contributed by atoms with E-state index in [1.165, 1.54) is 0 Å². The van der Waals surface area contributed by atoms with Crippen molar-refractivity contribution in [3.05, 3.63) is 62.8 Å². The van der Waals surface area contributed by atoms with E-state index in [0.29, 0.717) is 30.5 Å². The number of benzene rings is 1. The standard InChI is InChI=1S/C24H30N4O3/c1-16-4-6-17(7-5-16)24(30)28-11-2-3-21(28)22-25-20-8-12-27(15-19(20)23(29)26-22)18-9-13-31-14-10-18/h4-7,18,21H,2-3,8-15H2,1H3,(H,25,26,29)/t21-/m1/s1. The van der Waals surface area contributed by atoms with Crippen LogP contribution in [0.5, 0.6) is 0 Å². The van der Waals surface area contributed by atoms with Crippen LogP contribution in [0.25, 0.3) is 0 Å². The summed E-state index contributed by atoms with van der Waals surface area (Å²) in [5, 5.41) is 0. The number of amides is 1. The summed E-state index contributed by atoms with van der Waals surface area (Å²) in [4.78, 5) is 38.3. The molecule has 3 aliphatic rings. The van der Waals surface area contributed by atoms with Gasteiger partial charge >= 0.3 is 0 Å². The normalized spacial score (nSPS) is 22.5. The van der Waals surface area contributed by atoms with Gasteiger partial charge in [-0.1, -0.05) is 17.7 Å². The largest absolute Gasteiger partial charge is 0.381 e. The second-order valence-electron chi connectivity index (χ2n) is 8.96. The van der Waals surface area contributed by atoms with Gasteiger partial charge in [0.2, 0.25) is 0 Å². The van der Waals surface area contributed by atoms with Crippen molar-refractivity contribution in [1.29, 1.82) is 0 Å². The van der Waals surface area contributed by atoms with Gasteiger partial charge in [0, 0.05) is 50.9 Å². The Morgan fingerprint density at radius 2 is 1.90 bits per heavy atom. The summed E-state index contributed by atoms with van der Waals surface area (Å²) in [7, 11) is 0. The fourth-order valence-corrected chi connectivity index (χ4v) is 5.14. The van der Waals surface area contributed by atoms with Crippen LogP contribution in [-0.4, -0.2) is 58.0 Å². The maximum atomic E-state index is 13.1. The maximum Gasteiger partial charge on any atom is 0.255 e. The molecule has 1 N–H and O–H groups in total. The van der Waals surface area contributed by atoms with Crippen LogP contribution in [0, 0.1) is 6.92 Å². The number of rotatable bonds is 3. The second kappa shape index (κ2) is 8.55. The first-order valence-electron chi connectivity index (χ1n) is 11.4. The molecule has 1 aromatic heterocycles. The maximum absolute atomic E-state index is 13.1. The highest BCUT2D eigenvalue weighted by Crippen LogP contribution is 2.32. The molecule has 0 spiro atoms. The van der Waals surface area contributed by atoms with Crippen LogP contribution in [0.1, 0.15) is 64.7 Å². The Balaban J connectivity index is 1.37. The zero-order valence-corrected chi connectivity index (χ0v) is 18.1. The number of likely N-dealkylation sites (tertiary alicyclic amines) is 1. The van der Waals surface area contributed by atoms with Crippen molar-refractivity contribution in [3.8, 4) is 0 Å². The van der Waals surface area contributed by atoms with E-state index in [1.807, 2.05) is 36.1 Å². The molecule has 7 heteroatoms. The zero-order valence-electron chi connectivity index (χ0n) is 18.1. The van der Waals surface area contributed by atoms with E-state index >= 15 is 0 Å². The number of H-pyrrole nitrogens is 1. The van der Waals surface area contributed by atoms with Gasteiger partial charge < -0.3 is 14.6 Å². The number of carbonyl (C=O) groups is 1. The second-order valence-corrected chi connectivity index (χ2v) is 8.96. The van der Waals surface area contributed by atoms with E-state index in [9.17, 15) is 9.59 Å². The number of fused-ring (bicyclic) bond motifs is 1. The summed E-state index contributed by atoms with van der Waals surface area (Å²) in [6.07, 6.45) is 4.57. The highest BCUT2D eigenvalue weighted by Gasteiger charge is 2.34. The number of ether oxygens (including phenoxy) is 1. The van der Waals surface area contributed by atoms with Gasteiger partial charge in [-0.3, -0.25) is 14.5 Å². The number of aromatic amines is 1. The van der Waals surface area contributed by atoms with Crippen molar-refractivity contribution >= 4 is 5.91 Å². The monoisotopic (exact) mass is 422 g/mol. The van der Waals surface area contributed by atoms with Gasteiger partial charge in [0.1, 0.15) is 5.82 Å². The fourth-order valence-electron chi connectivity index (χ4n) is 5.14. The molecule has 0 saturated carbocycles. The number of aromatic nitrogens is 2. The summed E-state index contributed by atoms with van der Waals surface area (Å²) in [5.41, 5.74) is 3.45. The molecule has 2 aromatic rings. The Kier molecular flexibility index (Phi) is 5.63. The molecule has 1 aromatic carbocycles. The minimum atomic E-state index is -0.166. The van der Waals surface area contributed by atoms with Crippen LogP contribution >= 0.6 is 0 Å². The third kappa shape index (κ3) is 4.04. The third-order valence-electron chi connectivity index (χ3n) is 6.95. The Morgan fingerprint density at radius 3 is 2.68 bits per heavy atom. The lowest BCUT2D eigenvalue weighted by molar-refractivity contribution is 0.0285. The Bertz CT molecular complexity index is 1010. The Morgan fingerprint density at radius 1 is 1.13 bits per heavy atom. The summed E-state index contributed by atoms with van der Waals surface area (Å²) in [6, 6.07) is 7.99. The molecule has 0 aliphatic carbocycles. The van der Waals surface area contributed by atoms with E-state index in [-0.39, 0.29) is 17.5 Å².